The van der Waals surface area contributed by atoms with Crippen molar-refractivity contribution in [3.05, 3.63) is 60.8 Å². The van der Waals surface area contributed by atoms with Crippen molar-refractivity contribution in [2.45, 2.75) is 357 Å². The summed E-state index contributed by atoms with van der Waals surface area (Å²) in [5.74, 6) is -0.252. The lowest BCUT2D eigenvalue weighted by atomic mass is 9.97. The zero-order valence-corrected chi connectivity index (χ0v) is 53.1. The van der Waals surface area contributed by atoms with E-state index in [4.69, 9.17) is 18.9 Å². The van der Waals surface area contributed by atoms with Gasteiger partial charge in [0.2, 0.25) is 5.91 Å². The Labute approximate surface area is 511 Å². The summed E-state index contributed by atoms with van der Waals surface area (Å²) in [6.07, 6.45) is 55.5. The maximum absolute atomic E-state index is 13.3. The number of rotatable bonds is 56. The molecule has 0 spiro atoms. The Hall–Kier alpha value is -2.31. The molecular formula is C70H127NO13. The fraction of sp³-hybridized carbons (Fsp3) is 0.843. The molecule has 9 N–H and O–H groups in total. The Morgan fingerprint density at radius 1 is 0.429 bits per heavy atom. The van der Waals surface area contributed by atoms with E-state index < -0.39 is 86.8 Å². The van der Waals surface area contributed by atoms with Crippen LogP contribution < -0.4 is 5.32 Å². The molecule has 0 aromatic rings. The first-order valence-corrected chi connectivity index (χ1v) is 34.5. The van der Waals surface area contributed by atoms with Crippen LogP contribution in [0.4, 0.5) is 0 Å². The van der Waals surface area contributed by atoms with Crippen molar-refractivity contribution in [3.8, 4) is 0 Å². The minimum atomic E-state index is -1.79. The summed E-state index contributed by atoms with van der Waals surface area (Å²) in [7, 11) is 0. The fourth-order valence-electron chi connectivity index (χ4n) is 11.1. The average molecular weight is 1190 g/mol. The van der Waals surface area contributed by atoms with E-state index in [-0.39, 0.29) is 18.9 Å². The van der Waals surface area contributed by atoms with Crippen LogP contribution >= 0.6 is 0 Å². The highest BCUT2D eigenvalue weighted by molar-refractivity contribution is 5.76. The van der Waals surface area contributed by atoms with Crippen LogP contribution in [-0.4, -0.2) is 140 Å². The van der Waals surface area contributed by atoms with Crippen molar-refractivity contribution in [1.29, 1.82) is 0 Å². The second-order valence-electron chi connectivity index (χ2n) is 24.3. The quantitative estimate of drug-likeness (QED) is 0.0204. The van der Waals surface area contributed by atoms with Crippen LogP contribution in [0.15, 0.2) is 60.8 Å². The SMILES string of the molecule is CCCCCCC/C=C\C/C=C\C/C=C\CCCCCCCCCCCCC(=O)NC(COC1OC(CO)C(OC2OC(CO)C(O)C(O)C2O)C(O)C1O)C(O)/C=C/CC/C=C/CCCCCCCCCCCCCCCCCCCCC. The number of aliphatic hydroxyl groups excluding tert-OH is 8. The summed E-state index contributed by atoms with van der Waals surface area (Å²) in [6.45, 7) is 2.80. The lowest BCUT2D eigenvalue weighted by molar-refractivity contribution is -0.359. The van der Waals surface area contributed by atoms with E-state index in [0.717, 1.165) is 51.4 Å². The van der Waals surface area contributed by atoms with Crippen LogP contribution in [0.1, 0.15) is 284 Å². The van der Waals surface area contributed by atoms with E-state index in [2.05, 4.69) is 67.8 Å². The highest BCUT2D eigenvalue weighted by Crippen LogP contribution is 2.30. The van der Waals surface area contributed by atoms with Gasteiger partial charge in [-0.2, -0.15) is 0 Å². The number of hydrogen-bond acceptors (Lipinski definition) is 13. The van der Waals surface area contributed by atoms with Gasteiger partial charge in [0, 0.05) is 6.42 Å². The molecule has 0 radical (unpaired) electrons. The van der Waals surface area contributed by atoms with E-state index in [0.29, 0.717) is 12.8 Å². The van der Waals surface area contributed by atoms with Gasteiger partial charge in [-0.1, -0.05) is 267 Å². The molecule has 2 heterocycles. The second kappa shape index (κ2) is 54.8. The van der Waals surface area contributed by atoms with Crippen LogP contribution in [0.5, 0.6) is 0 Å². The third-order valence-electron chi connectivity index (χ3n) is 16.7. The summed E-state index contributed by atoms with van der Waals surface area (Å²) >= 11 is 0. The molecule has 14 heteroatoms. The molecule has 84 heavy (non-hydrogen) atoms. The standard InChI is InChI=1S/C70H127NO13/c1-3-5-7-9-11-13-15-17-19-21-23-25-27-29-31-33-35-37-39-41-43-45-47-49-51-53-59(74)58(57-81-69-67(80)65(78)68(61(56-73)83-69)84-70-66(79)64(77)63(76)60(55-72)82-70)71-62(75)54-52-50-48-46-44-42-40-38-36-34-32-30-28-26-24-22-20-18-16-14-12-10-8-6-4-2/h16,18,22,24,28,30,43,45,51,53,58-61,63-70,72-74,76-80H,3-15,17,19-21,23,25-27,29,31-42,44,46-50,52,54-57H2,1-2H3,(H,71,75)/b18-16-,24-22-,30-28-,45-43+,53-51+. The van der Waals surface area contributed by atoms with Gasteiger partial charge in [-0.25, -0.2) is 0 Å². The van der Waals surface area contributed by atoms with E-state index in [1.165, 1.54) is 199 Å². The molecule has 1 amide bonds. The molecule has 0 aromatic heterocycles. The van der Waals surface area contributed by atoms with Crippen molar-refractivity contribution in [3.63, 3.8) is 0 Å². The number of carbonyl (C=O) groups excluding carboxylic acids is 1. The van der Waals surface area contributed by atoms with Crippen LogP contribution in [-0.2, 0) is 23.7 Å². The average Bonchev–Trinajstić information content (AvgIpc) is 3.18. The van der Waals surface area contributed by atoms with E-state index in [1.807, 2.05) is 6.08 Å². The molecule has 12 atom stereocenters. The summed E-state index contributed by atoms with van der Waals surface area (Å²) in [5, 5.41) is 87.4. The highest BCUT2D eigenvalue weighted by atomic mass is 16.7. The molecule has 0 aliphatic carbocycles. The Morgan fingerprint density at radius 2 is 0.798 bits per heavy atom. The third kappa shape index (κ3) is 38.9. The monoisotopic (exact) mass is 1190 g/mol. The normalized spacial score (nSPS) is 24.0. The van der Waals surface area contributed by atoms with Crippen molar-refractivity contribution in [1.82, 2.24) is 5.32 Å². The molecule has 0 bridgehead atoms. The van der Waals surface area contributed by atoms with Gasteiger partial charge in [0.1, 0.15) is 48.8 Å². The summed E-state index contributed by atoms with van der Waals surface area (Å²) in [4.78, 5) is 13.3. The first-order chi connectivity index (χ1) is 41.1. The maximum Gasteiger partial charge on any atom is 0.220 e. The zero-order chi connectivity index (χ0) is 60.9. The number of allylic oxidation sites excluding steroid dienone is 9. The predicted molar refractivity (Wildman–Crippen MR) is 341 cm³/mol. The molecule has 2 fully saturated rings. The van der Waals surface area contributed by atoms with Crippen LogP contribution in [0.3, 0.4) is 0 Å². The molecule has 2 saturated heterocycles. The van der Waals surface area contributed by atoms with Crippen molar-refractivity contribution in [2.24, 2.45) is 0 Å². The van der Waals surface area contributed by atoms with E-state index in [9.17, 15) is 45.6 Å². The van der Waals surface area contributed by atoms with Gasteiger partial charge < -0.3 is 65.1 Å². The van der Waals surface area contributed by atoms with Gasteiger partial charge in [-0.3, -0.25) is 4.79 Å². The van der Waals surface area contributed by atoms with Crippen molar-refractivity contribution < 1.29 is 64.6 Å². The summed E-state index contributed by atoms with van der Waals surface area (Å²) in [5.41, 5.74) is 0. The third-order valence-corrected chi connectivity index (χ3v) is 16.7. The lowest BCUT2D eigenvalue weighted by Crippen LogP contribution is -2.65. The minimum absolute atomic E-state index is 0.252. The topological polar surface area (TPSA) is 228 Å². The summed E-state index contributed by atoms with van der Waals surface area (Å²) < 4.78 is 22.8. The van der Waals surface area contributed by atoms with Crippen molar-refractivity contribution >= 4 is 5.91 Å². The predicted octanol–water partition coefficient (Wildman–Crippen LogP) is 13.7. The minimum Gasteiger partial charge on any atom is -0.394 e. The second-order valence-corrected chi connectivity index (χ2v) is 24.3. The van der Waals surface area contributed by atoms with Gasteiger partial charge in [-0.15, -0.1) is 0 Å². The smallest absolute Gasteiger partial charge is 0.220 e. The molecule has 0 aromatic carbocycles. The Bertz CT molecular complexity index is 1640. The fourth-order valence-corrected chi connectivity index (χ4v) is 11.1. The number of unbranched alkanes of at least 4 members (excludes halogenated alkanes) is 35. The highest BCUT2D eigenvalue weighted by Gasteiger charge is 2.51. The molecule has 2 rings (SSSR count). The van der Waals surface area contributed by atoms with Crippen LogP contribution in [0, 0.1) is 0 Å². The number of aliphatic hydroxyl groups is 8. The lowest BCUT2D eigenvalue weighted by Gasteiger charge is -2.46. The van der Waals surface area contributed by atoms with Gasteiger partial charge in [0.25, 0.3) is 0 Å². The van der Waals surface area contributed by atoms with Gasteiger partial charge >= 0.3 is 0 Å². The largest absolute Gasteiger partial charge is 0.394 e. The number of ether oxygens (including phenoxy) is 4. The van der Waals surface area contributed by atoms with E-state index in [1.54, 1.807) is 6.08 Å². The molecule has 2 aliphatic rings. The molecule has 14 nitrogen and oxygen atoms in total. The van der Waals surface area contributed by atoms with Crippen molar-refractivity contribution in [2.75, 3.05) is 19.8 Å². The Balaban J connectivity index is 1.72. The van der Waals surface area contributed by atoms with Gasteiger partial charge in [-0.05, 0) is 70.6 Å². The van der Waals surface area contributed by atoms with Crippen LogP contribution in [0.2, 0.25) is 0 Å². The zero-order valence-electron chi connectivity index (χ0n) is 53.1. The number of amides is 1. The van der Waals surface area contributed by atoms with Gasteiger partial charge in [0.05, 0.1) is 32.0 Å². The molecule has 12 unspecified atom stereocenters. The number of carbonyl (C=O) groups is 1. The number of nitrogens with one attached hydrogen (secondary N) is 1. The Morgan fingerprint density at radius 3 is 1.25 bits per heavy atom. The molecular weight excluding hydrogens is 1060 g/mol. The molecule has 490 valence electrons. The Kier molecular flexibility index (Phi) is 50.8. The first kappa shape index (κ1) is 77.8. The van der Waals surface area contributed by atoms with Gasteiger partial charge in [0.15, 0.2) is 12.6 Å². The number of hydrogen-bond donors (Lipinski definition) is 9. The first-order valence-electron chi connectivity index (χ1n) is 34.5. The van der Waals surface area contributed by atoms with Crippen LogP contribution in [0.25, 0.3) is 0 Å². The van der Waals surface area contributed by atoms with E-state index >= 15 is 0 Å². The molecule has 0 saturated carbocycles. The maximum atomic E-state index is 13.3. The molecule has 2 aliphatic heterocycles. The summed E-state index contributed by atoms with van der Waals surface area (Å²) in [6, 6.07) is -0.937.